The Bertz CT molecular complexity index is 836. The van der Waals surface area contributed by atoms with Crippen molar-refractivity contribution in [3.8, 4) is 0 Å². The van der Waals surface area contributed by atoms with Crippen LogP contribution >= 0.6 is 11.6 Å². The summed E-state index contributed by atoms with van der Waals surface area (Å²) in [6, 6.07) is 7.78. The van der Waals surface area contributed by atoms with Gasteiger partial charge in [-0.15, -0.1) is 0 Å². The van der Waals surface area contributed by atoms with Gasteiger partial charge in [-0.2, -0.15) is 0 Å². The van der Waals surface area contributed by atoms with Crippen molar-refractivity contribution in [2.24, 2.45) is 0 Å². The molecule has 6 heteroatoms. The molecule has 0 atom stereocenters. The van der Waals surface area contributed by atoms with Crippen molar-refractivity contribution in [2.75, 3.05) is 0 Å². The van der Waals surface area contributed by atoms with E-state index in [1.54, 1.807) is 0 Å². The van der Waals surface area contributed by atoms with E-state index in [4.69, 9.17) is 11.6 Å². The van der Waals surface area contributed by atoms with Crippen molar-refractivity contribution in [1.29, 1.82) is 0 Å². The minimum atomic E-state index is -0.769. The molecule has 1 saturated carbocycles. The van der Waals surface area contributed by atoms with E-state index in [0.29, 0.717) is 25.1 Å². The number of nitrogens with zero attached hydrogens (tertiary/aromatic N) is 2. The lowest BCUT2D eigenvalue weighted by Gasteiger charge is -2.33. The molecular formula is C22H27ClN2O3. The van der Waals surface area contributed by atoms with Crippen molar-refractivity contribution in [3.05, 3.63) is 52.1 Å². The maximum Gasteiger partial charge on any atom is 0.314 e. The molecule has 0 unspecified atom stereocenters. The minimum absolute atomic E-state index is 0.241. The summed E-state index contributed by atoms with van der Waals surface area (Å²) in [6.45, 7) is 2.60. The normalized spacial score (nSPS) is 16.1. The molecular weight excluding hydrogens is 376 g/mol. The molecule has 150 valence electrons. The summed E-state index contributed by atoms with van der Waals surface area (Å²) < 4.78 is 1.87. The van der Waals surface area contributed by atoms with Gasteiger partial charge in [-0.25, -0.2) is 4.98 Å². The number of benzene rings is 1. The molecule has 1 N–H and O–H groups in total. The van der Waals surface area contributed by atoms with E-state index in [2.05, 4.69) is 11.9 Å². The number of aryl methyl sites for hydroxylation is 1. The van der Waals surface area contributed by atoms with Gasteiger partial charge in [-0.05, 0) is 30.4 Å². The summed E-state index contributed by atoms with van der Waals surface area (Å²) in [6.07, 6.45) is 7.91. The number of unbranched alkanes of at least 4 members (excludes halogenated alkanes) is 1. The molecule has 0 saturated heterocycles. The number of aromatic nitrogens is 2. The zero-order valence-electron chi connectivity index (χ0n) is 16.3. The highest BCUT2D eigenvalue weighted by Crippen LogP contribution is 2.39. The number of carbonyl (C=O) groups excluding carboxylic acids is 1. The second-order valence-electron chi connectivity index (χ2n) is 7.66. The Morgan fingerprint density at radius 1 is 1.25 bits per heavy atom. The molecule has 0 radical (unpaired) electrons. The molecule has 1 aliphatic rings. The average Bonchev–Trinajstić information content (AvgIpc) is 3.01. The van der Waals surface area contributed by atoms with Gasteiger partial charge in [0.25, 0.3) is 0 Å². The first kappa shape index (κ1) is 20.6. The molecule has 1 aliphatic carbocycles. The van der Waals surface area contributed by atoms with E-state index < -0.39 is 11.4 Å². The Morgan fingerprint density at radius 2 is 1.93 bits per heavy atom. The van der Waals surface area contributed by atoms with Crippen LogP contribution in [0.3, 0.4) is 0 Å². The van der Waals surface area contributed by atoms with Crippen LogP contribution in [-0.2, 0) is 23.2 Å². The van der Waals surface area contributed by atoms with Crippen LogP contribution in [0.4, 0.5) is 0 Å². The summed E-state index contributed by atoms with van der Waals surface area (Å²) in [5.74, 6) is 0.0822. The Balaban J connectivity index is 1.87. The summed E-state index contributed by atoms with van der Waals surface area (Å²) in [5.41, 5.74) is 1.49. The topological polar surface area (TPSA) is 72.2 Å². The molecule has 28 heavy (non-hydrogen) atoms. The van der Waals surface area contributed by atoms with E-state index in [9.17, 15) is 14.7 Å². The first-order valence-corrected chi connectivity index (χ1v) is 10.4. The molecule has 1 aromatic heterocycles. The SMILES string of the molecule is CCCCc1nc(Cl)c(C=O)n1Cc1ccc(C2(C(=O)O)CCCCC2)cc1. The van der Waals surface area contributed by atoms with Crippen molar-refractivity contribution in [1.82, 2.24) is 9.55 Å². The van der Waals surface area contributed by atoms with E-state index in [1.807, 2.05) is 28.8 Å². The van der Waals surface area contributed by atoms with Gasteiger partial charge in [0.05, 0.1) is 5.41 Å². The number of aliphatic carboxylic acids is 1. The lowest BCUT2D eigenvalue weighted by Crippen LogP contribution is -2.37. The molecule has 0 spiro atoms. The fourth-order valence-electron chi connectivity index (χ4n) is 4.19. The highest BCUT2D eigenvalue weighted by molar-refractivity contribution is 6.31. The standard InChI is InChI=1S/C22H27ClN2O3/c1-2-3-7-19-24-20(23)18(15-26)25(19)14-16-8-10-17(11-9-16)22(21(27)28)12-5-4-6-13-22/h8-11,15H,2-7,12-14H2,1H3,(H,27,28). The molecule has 5 nitrogen and oxygen atoms in total. The number of hydrogen-bond acceptors (Lipinski definition) is 3. The van der Waals surface area contributed by atoms with Crippen LogP contribution in [-0.4, -0.2) is 26.9 Å². The first-order chi connectivity index (χ1) is 13.5. The van der Waals surface area contributed by atoms with Gasteiger partial charge in [0.2, 0.25) is 0 Å². The number of carboxylic acids is 1. The molecule has 0 bridgehead atoms. The highest BCUT2D eigenvalue weighted by Gasteiger charge is 2.41. The highest BCUT2D eigenvalue weighted by atomic mass is 35.5. The zero-order chi connectivity index (χ0) is 20.1. The average molecular weight is 403 g/mol. The Kier molecular flexibility index (Phi) is 6.55. The molecule has 0 amide bonds. The van der Waals surface area contributed by atoms with Gasteiger partial charge < -0.3 is 9.67 Å². The second-order valence-corrected chi connectivity index (χ2v) is 8.01. The van der Waals surface area contributed by atoms with Gasteiger partial charge in [0.1, 0.15) is 11.5 Å². The molecule has 0 aliphatic heterocycles. The van der Waals surface area contributed by atoms with Crippen molar-refractivity contribution in [3.63, 3.8) is 0 Å². The van der Waals surface area contributed by atoms with Gasteiger partial charge in [-0.1, -0.05) is 68.5 Å². The number of halogens is 1. The lowest BCUT2D eigenvalue weighted by molar-refractivity contribution is -0.145. The monoisotopic (exact) mass is 402 g/mol. The number of imidazole rings is 1. The molecule has 1 fully saturated rings. The van der Waals surface area contributed by atoms with E-state index in [1.165, 1.54) is 0 Å². The number of carbonyl (C=O) groups is 2. The summed E-state index contributed by atoms with van der Waals surface area (Å²) >= 11 is 6.15. The largest absolute Gasteiger partial charge is 0.481 e. The van der Waals surface area contributed by atoms with Crippen LogP contribution in [0.5, 0.6) is 0 Å². The Hall–Kier alpha value is -2.14. The third kappa shape index (κ3) is 4.00. The number of carboxylic acid groups (broad SMARTS) is 1. The van der Waals surface area contributed by atoms with E-state index in [-0.39, 0.29) is 5.15 Å². The summed E-state index contributed by atoms with van der Waals surface area (Å²) in [7, 11) is 0. The lowest BCUT2D eigenvalue weighted by atomic mass is 9.69. The smallest absolute Gasteiger partial charge is 0.314 e. The van der Waals surface area contributed by atoms with Crippen LogP contribution in [0.25, 0.3) is 0 Å². The van der Waals surface area contributed by atoms with Crippen molar-refractivity contribution in [2.45, 2.75) is 70.3 Å². The van der Waals surface area contributed by atoms with Gasteiger partial charge in [0, 0.05) is 13.0 Å². The van der Waals surface area contributed by atoms with Crippen LogP contribution in [0.15, 0.2) is 24.3 Å². The fraction of sp³-hybridized carbons (Fsp3) is 0.500. The van der Waals surface area contributed by atoms with Crippen LogP contribution in [0.2, 0.25) is 5.15 Å². The fourth-order valence-corrected chi connectivity index (χ4v) is 4.43. The number of hydrogen-bond donors (Lipinski definition) is 1. The van der Waals surface area contributed by atoms with Crippen LogP contribution in [0, 0.1) is 0 Å². The van der Waals surface area contributed by atoms with Gasteiger partial charge in [0.15, 0.2) is 11.4 Å². The van der Waals surface area contributed by atoms with E-state index in [0.717, 1.165) is 61.8 Å². The van der Waals surface area contributed by atoms with E-state index >= 15 is 0 Å². The van der Waals surface area contributed by atoms with Crippen LogP contribution in [0.1, 0.15) is 79.3 Å². The number of aldehydes is 1. The first-order valence-electron chi connectivity index (χ1n) is 10.0. The van der Waals surface area contributed by atoms with Gasteiger partial charge in [-0.3, -0.25) is 9.59 Å². The predicted octanol–water partition coefficient (Wildman–Crippen LogP) is 5.03. The second kappa shape index (κ2) is 8.91. The zero-order valence-corrected chi connectivity index (χ0v) is 17.0. The van der Waals surface area contributed by atoms with Crippen molar-refractivity contribution >= 4 is 23.9 Å². The third-order valence-electron chi connectivity index (χ3n) is 5.87. The predicted molar refractivity (Wildman–Crippen MR) is 109 cm³/mol. The minimum Gasteiger partial charge on any atom is -0.481 e. The maximum absolute atomic E-state index is 12.0. The molecule has 3 rings (SSSR count). The van der Waals surface area contributed by atoms with Crippen molar-refractivity contribution < 1.29 is 14.7 Å². The summed E-state index contributed by atoms with van der Waals surface area (Å²) in [5, 5.41) is 10.1. The Labute approximate surface area is 170 Å². The molecule has 1 heterocycles. The molecule has 1 aromatic carbocycles. The molecule has 2 aromatic rings. The number of rotatable bonds is 8. The quantitative estimate of drug-likeness (QED) is 0.629. The van der Waals surface area contributed by atoms with Crippen LogP contribution < -0.4 is 0 Å². The third-order valence-corrected chi connectivity index (χ3v) is 6.15. The summed E-state index contributed by atoms with van der Waals surface area (Å²) in [4.78, 5) is 27.9. The van der Waals surface area contributed by atoms with Gasteiger partial charge >= 0.3 is 5.97 Å². The maximum atomic E-state index is 12.0. The Morgan fingerprint density at radius 3 is 2.50 bits per heavy atom.